The summed E-state index contributed by atoms with van der Waals surface area (Å²) in [6, 6.07) is 12.3. The van der Waals surface area contributed by atoms with Crippen molar-refractivity contribution in [3.05, 3.63) is 64.2 Å². The molecule has 6 heteroatoms. The molecule has 2 aromatic rings. The molecule has 0 fully saturated rings. The smallest absolute Gasteiger partial charge is 0.261 e. The van der Waals surface area contributed by atoms with Crippen LogP contribution < -0.4 is 10.1 Å². The number of rotatable bonds is 9. The molecule has 2 rings (SSSR count). The van der Waals surface area contributed by atoms with Crippen molar-refractivity contribution in [2.24, 2.45) is 5.92 Å². The van der Waals surface area contributed by atoms with E-state index in [0.717, 1.165) is 16.7 Å². The minimum absolute atomic E-state index is 0.141. The fourth-order valence-electron chi connectivity index (χ4n) is 2.85. The summed E-state index contributed by atoms with van der Waals surface area (Å²) in [5.74, 6) is 0.525. The van der Waals surface area contributed by atoms with Crippen LogP contribution in [-0.4, -0.2) is 35.9 Å². The third-order valence-corrected chi connectivity index (χ3v) is 5.21. The summed E-state index contributed by atoms with van der Waals surface area (Å²) in [5, 5.41) is 3.53. The van der Waals surface area contributed by atoms with Gasteiger partial charge < -0.3 is 15.0 Å². The Balaban J connectivity index is 2.13. The number of aryl methyl sites for hydroxylation is 2. The van der Waals surface area contributed by atoms with Gasteiger partial charge in [0.25, 0.3) is 5.91 Å². The van der Waals surface area contributed by atoms with Gasteiger partial charge in [-0.2, -0.15) is 0 Å². The second kappa shape index (κ2) is 11.0. The predicted octanol–water partition coefficient (Wildman–Crippen LogP) is 4.53. The Morgan fingerprint density at radius 2 is 1.70 bits per heavy atom. The molecule has 1 unspecified atom stereocenters. The molecule has 0 saturated carbocycles. The topological polar surface area (TPSA) is 58.6 Å². The number of carbonyl (C=O) groups is 2. The number of benzene rings is 2. The molecule has 0 radical (unpaired) electrons. The zero-order valence-electron chi connectivity index (χ0n) is 18.4. The molecule has 0 aliphatic carbocycles. The van der Waals surface area contributed by atoms with Crippen LogP contribution >= 0.6 is 11.6 Å². The third kappa shape index (κ3) is 7.06. The van der Waals surface area contributed by atoms with E-state index >= 15 is 0 Å². The van der Waals surface area contributed by atoms with Crippen LogP contribution in [0.3, 0.4) is 0 Å². The Morgan fingerprint density at radius 1 is 1.03 bits per heavy atom. The van der Waals surface area contributed by atoms with Crippen molar-refractivity contribution in [1.82, 2.24) is 10.2 Å². The molecule has 30 heavy (non-hydrogen) atoms. The zero-order valence-corrected chi connectivity index (χ0v) is 19.1. The summed E-state index contributed by atoms with van der Waals surface area (Å²) in [5.41, 5.74) is 3.15. The number of halogens is 1. The Kier molecular flexibility index (Phi) is 8.72. The van der Waals surface area contributed by atoms with Crippen LogP contribution in [0.15, 0.2) is 42.5 Å². The molecule has 0 saturated heterocycles. The van der Waals surface area contributed by atoms with Gasteiger partial charge in [-0.3, -0.25) is 9.59 Å². The second-order valence-electron chi connectivity index (χ2n) is 8.00. The van der Waals surface area contributed by atoms with Crippen molar-refractivity contribution in [3.63, 3.8) is 0 Å². The van der Waals surface area contributed by atoms with Gasteiger partial charge in [0.1, 0.15) is 11.8 Å². The third-order valence-electron chi connectivity index (χ3n) is 4.96. The van der Waals surface area contributed by atoms with E-state index in [-0.39, 0.29) is 18.4 Å². The lowest BCUT2D eigenvalue weighted by molar-refractivity contribution is -0.142. The molecule has 0 heterocycles. The van der Waals surface area contributed by atoms with Gasteiger partial charge >= 0.3 is 0 Å². The Morgan fingerprint density at radius 3 is 2.30 bits per heavy atom. The van der Waals surface area contributed by atoms with Crippen molar-refractivity contribution in [2.45, 2.75) is 47.2 Å². The Bertz CT molecular complexity index is 865. The molecule has 162 valence electrons. The molecule has 1 atom stereocenters. The van der Waals surface area contributed by atoms with Crippen molar-refractivity contribution >= 4 is 23.4 Å². The molecule has 0 spiro atoms. The number of carbonyl (C=O) groups excluding carboxylic acids is 2. The average molecular weight is 431 g/mol. The summed E-state index contributed by atoms with van der Waals surface area (Å²) in [6.07, 6.45) is 0. The molecule has 0 bridgehead atoms. The fraction of sp³-hybridized carbons (Fsp3) is 0.417. The van der Waals surface area contributed by atoms with Gasteiger partial charge in [-0.15, -0.1) is 0 Å². The van der Waals surface area contributed by atoms with Crippen LogP contribution in [0, 0.1) is 19.8 Å². The highest BCUT2D eigenvalue weighted by atomic mass is 35.5. The van der Waals surface area contributed by atoms with Crippen molar-refractivity contribution < 1.29 is 14.3 Å². The summed E-state index contributed by atoms with van der Waals surface area (Å²) >= 11 is 5.97. The Hall–Kier alpha value is -2.53. The van der Waals surface area contributed by atoms with Crippen LogP contribution in [0.25, 0.3) is 0 Å². The normalized spacial score (nSPS) is 11.8. The molecule has 2 amide bonds. The molecule has 0 aliphatic heterocycles. The average Bonchev–Trinajstić information content (AvgIpc) is 2.71. The number of nitrogens with one attached hydrogen (secondary N) is 1. The van der Waals surface area contributed by atoms with Crippen molar-refractivity contribution in [2.75, 3.05) is 13.2 Å². The lowest BCUT2D eigenvalue weighted by Gasteiger charge is -2.29. The lowest BCUT2D eigenvalue weighted by Crippen LogP contribution is -2.49. The Labute approximate surface area is 184 Å². The number of ether oxygens (including phenoxy) is 1. The molecular weight excluding hydrogens is 400 g/mol. The van der Waals surface area contributed by atoms with Gasteiger partial charge in [0.2, 0.25) is 5.91 Å². The van der Waals surface area contributed by atoms with E-state index in [1.165, 1.54) is 0 Å². The number of nitrogens with zero attached hydrogens (tertiary/aromatic N) is 1. The van der Waals surface area contributed by atoms with Crippen LogP contribution in [0.2, 0.25) is 5.02 Å². The van der Waals surface area contributed by atoms with Gasteiger partial charge in [0, 0.05) is 18.1 Å². The first kappa shape index (κ1) is 23.7. The van der Waals surface area contributed by atoms with Gasteiger partial charge in [-0.05, 0) is 67.6 Å². The quantitative estimate of drug-likeness (QED) is 0.636. The molecule has 0 aliphatic rings. The standard InChI is InChI=1S/C24H31ClN2O3/c1-16(2)13-26-24(29)19(5)27(14-20-7-9-21(25)10-8-20)23(28)15-30-22-11-6-17(3)18(4)12-22/h6-12,16,19H,13-15H2,1-5H3,(H,26,29). The molecule has 1 N–H and O–H groups in total. The van der Waals surface area contributed by atoms with E-state index in [0.29, 0.717) is 29.8 Å². The minimum atomic E-state index is -0.629. The van der Waals surface area contributed by atoms with Gasteiger partial charge in [0.15, 0.2) is 6.61 Å². The van der Waals surface area contributed by atoms with Crippen LogP contribution in [0.5, 0.6) is 5.75 Å². The van der Waals surface area contributed by atoms with Gasteiger partial charge in [0.05, 0.1) is 0 Å². The highest BCUT2D eigenvalue weighted by Crippen LogP contribution is 2.18. The highest BCUT2D eigenvalue weighted by molar-refractivity contribution is 6.30. The van der Waals surface area contributed by atoms with Gasteiger partial charge in [-0.25, -0.2) is 0 Å². The first-order valence-corrected chi connectivity index (χ1v) is 10.6. The predicted molar refractivity (Wildman–Crippen MR) is 121 cm³/mol. The maximum absolute atomic E-state index is 13.0. The van der Waals surface area contributed by atoms with E-state index in [1.807, 2.05) is 58.0 Å². The first-order valence-electron chi connectivity index (χ1n) is 10.2. The van der Waals surface area contributed by atoms with Crippen molar-refractivity contribution in [3.8, 4) is 5.75 Å². The number of amides is 2. The maximum Gasteiger partial charge on any atom is 0.261 e. The SMILES string of the molecule is Cc1ccc(OCC(=O)N(Cc2ccc(Cl)cc2)C(C)C(=O)NCC(C)C)cc1C. The first-order chi connectivity index (χ1) is 14.2. The monoisotopic (exact) mass is 430 g/mol. The molecule has 0 aromatic heterocycles. The van der Waals surface area contributed by atoms with E-state index in [4.69, 9.17) is 16.3 Å². The summed E-state index contributed by atoms with van der Waals surface area (Å²) in [6.45, 7) is 10.5. The van der Waals surface area contributed by atoms with E-state index < -0.39 is 6.04 Å². The molecule has 2 aromatic carbocycles. The summed E-state index contributed by atoms with van der Waals surface area (Å²) < 4.78 is 5.73. The van der Waals surface area contributed by atoms with E-state index in [9.17, 15) is 9.59 Å². The highest BCUT2D eigenvalue weighted by Gasteiger charge is 2.26. The van der Waals surface area contributed by atoms with Crippen molar-refractivity contribution in [1.29, 1.82) is 0 Å². The number of hydrogen-bond acceptors (Lipinski definition) is 3. The maximum atomic E-state index is 13.0. The zero-order chi connectivity index (χ0) is 22.3. The fourth-order valence-corrected chi connectivity index (χ4v) is 2.98. The second-order valence-corrected chi connectivity index (χ2v) is 8.43. The molecule has 5 nitrogen and oxygen atoms in total. The number of hydrogen-bond donors (Lipinski definition) is 1. The van der Waals surface area contributed by atoms with Crippen LogP contribution in [0.1, 0.15) is 37.5 Å². The molecular formula is C24H31ClN2O3. The minimum Gasteiger partial charge on any atom is -0.484 e. The largest absolute Gasteiger partial charge is 0.484 e. The lowest BCUT2D eigenvalue weighted by atomic mass is 10.1. The summed E-state index contributed by atoms with van der Waals surface area (Å²) in [4.78, 5) is 27.2. The van der Waals surface area contributed by atoms with Gasteiger partial charge in [-0.1, -0.05) is 43.6 Å². The van der Waals surface area contributed by atoms with E-state index in [1.54, 1.807) is 24.0 Å². The van der Waals surface area contributed by atoms with Crippen LogP contribution in [0.4, 0.5) is 0 Å². The van der Waals surface area contributed by atoms with Crippen LogP contribution in [-0.2, 0) is 16.1 Å². The van der Waals surface area contributed by atoms with E-state index in [2.05, 4.69) is 5.32 Å². The summed E-state index contributed by atoms with van der Waals surface area (Å²) in [7, 11) is 0.